The molecule has 0 fully saturated rings. The number of nitrogens with one attached hydrogen (secondary N) is 1. The van der Waals surface area contributed by atoms with Crippen LogP contribution >= 0.6 is 0 Å². The Bertz CT molecular complexity index is 1640. The van der Waals surface area contributed by atoms with Crippen molar-refractivity contribution in [3.05, 3.63) is 112 Å². The molecule has 0 radical (unpaired) electrons. The number of esters is 1. The van der Waals surface area contributed by atoms with Crippen molar-refractivity contribution in [3.63, 3.8) is 0 Å². The molecule has 2 atom stereocenters. The maximum atomic E-state index is 13.4. The number of carbonyl (C=O) groups excluding carboxylic acids is 1. The van der Waals surface area contributed by atoms with Crippen LogP contribution in [0.25, 0.3) is 5.69 Å². The van der Waals surface area contributed by atoms with Crippen LogP contribution in [0.3, 0.4) is 0 Å². The molecule has 0 aliphatic heterocycles. The van der Waals surface area contributed by atoms with Gasteiger partial charge in [0.25, 0.3) is 0 Å². The van der Waals surface area contributed by atoms with Crippen LogP contribution < -0.4 is 4.72 Å². The van der Waals surface area contributed by atoms with Crippen molar-refractivity contribution in [1.82, 2.24) is 14.3 Å². The zero-order valence-electron chi connectivity index (χ0n) is 22.9. The van der Waals surface area contributed by atoms with Gasteiger partial charge in [0.1, 0.15) is 6.04 Å². The highest BCUT2D eigenvalue weighted by Crippen LogP contribution is 2.35. The zero-order chi connectivity index (χ0) is 29.2. The summed E-state index contributed by atoms with van der Waals surface area (Å²) in [7, 11) is -3.99. The molecular formula is C30H31N3O6S. The number of aromatic carboxylic acids is 1. The minimum Gasteiger partial charge on any atom is -0.478 e. The van der Waals surface area contributed by atoms with Gasteiger partial charge in [0.05, 0.1) is 16.8 Å². The minimum atomic E-state index is -3.99. The number of nitrogens with zero attached hydrogens (tertiary/aromatic N) is 2. The molecule has 1 heterocycles. The topological polar surface area (TPSA) is 128 Å². The molecule has 0 aliphatic carbocycles. The Morgan fingerprint density at radius 1 is 0.950 bits per heavy atom. The first-order chi connectivity index (χ1) is 18.9. The number of carboxylic acid groups (broad SMARTS) is 1. The Hall–Kier alpha value is -4.28. The maximum absolute atomic E-state index is 13.4. The molecule has 2 unspecified atom stereocenters. The molecule has 0 amide bonds. The van der Waals surface area contributed by atoms with Gasteiger partial charge in [-0.2, -0.15) is 4.72 Å². The minimum absolute atomic E-state index is 0.0362. The molecule has 40 heavy (non-hydrogen) atoms. The van der Waals surface area contributed by atoms with Crippen LogP contribution in [0, 0.1) is 27.7 Å². The molecule has 4 rings (SSSR count). The number of sulfonamides is 1. The summed E-state index contributed by atoms with van der Waals surface area (Å²) in [5.74, 6) is -1.85. The second-order valence-corrected chi connectivity index (χ2v) is 11.5. The number of aromatic nitrogens is 2. The fourth-order valence-electron chi connectivity index (χ4n) is 4.56. The van der Waals surface area contributed by atoms with Crippen molar-refractivity contribution in [1.29, 1.82) is 0 Å². The van der Waals surface area contributed by atoms with Crippen LogP contribution in [0.1, 0.15) is 56.8 Å². The Labute approximate surface area is 233 Å². The first-order valence-corrected chi connectivity index (χ1v) is 14.1. The lowest BCUT2D eigenvalue weighted by Gasteiger charge is -2.26. The Morgan fingerprint density at radius 2 is 1.60 bits per heavy atom. The van der Waals surface area contributed by atoms with E-state index in [4.69, 9.17) is 4.74 Å². The van der Waals surface area contributed by atoms with E-state index in [9.17, 15) is 23.1 Å². The first-order valence-electron chi connectivity index (χ1n) is 12.6. The van der Waals surface area contributed by atoms with E-state index in [0.717, 1.165) is 16.8 Å². The number of benzene rings is 3. The van der Waals surface area contributed by atoms with Crippen LogP contribution in [-0.4, -0.2) is 41.1 Å². The van der Waals surface area contributed by atoms with Crippen molar-refractivity contribution in [2.24, 2.45) is 0 Å². The number of hydrogen-bond acceptors (Lipinski definition) is 6. The van der Waals surface area contributed by atoms with E-state index in [1.807, 2.05) is 36.6 Å². The average molecular weight is 562 g/mol. The van der Waals surface area contributed by atoms with E-state index >= 15 is 0 Å². The largest absolute Gasteiger partial charge is 0.478 e. The van der Waals surface area contributed by atoms with Gasteiger partial charge in [-0.1, -0.05) is 23.8 Å². The zero-order valence-corrected chi connectivity index (χ0v) is 23.7. The molecule has 0 aliphatic rings. The molecule has 208 valence electrons. The quantitative estimate of drug-likeness (QED) is 0.281. The highest BCUT2D eigenvalue weighted by molar-refractivity contribution is 7.89. The van der Waals surface area contributed by atoms with Crippen molar-refractivity contribution in [3.8, 4) is 5.69 Å². The third kappa shape index (κ3) is 6.13. The molecule has 1 aromatic heterocycles. The summed E-state index contributed by atoms with van der Waals surface area (Å²) in [4.78, 5) is 29.2. The summed E-state index contributed by atoms with van der Waals surface area (Å²) in [5.41, 5.74) is 5.17. The predicted molar refractivity (Wildman–Crippen MR) is 150 cm³/mol. The van der Waals surface area contributed by atoms with E-state index < -0.39 is 34.1 Å². The van der Waals surface area contributed by atoms with Gasteiger partial charge in [-0.3, -0.25) is 4.79 Å². The number of carboxylic acids is 1. The molecule has 0 saturated carbocycles. The number of hydrogen-bond donors (Lipinski definition) is 2. The highest BCUT2D eigenvalue weighted by atomic mass is 32.2. The van der Waals surface area contributed by atoms with Crippen LogP contribution in [0.2, 0.25) is 0 Å². The predicted octanol–water partition coefficient (Wildman–Crippen LogP) is 4.80. The van der Waals surface area contributed by atoms with Gasteiger partial charge >= 0.3 is 11.9 Å². The number of ether oxygens (including phenoxy) is 1. The van der Waals surface area contributed by atoms with Crippen molar-refractivity contribution in [2.45, 2.75) is 51.7 Å². The van der Waals surface area contributed by atoms with Crippen molar-refractivity contribution in [2.75, 3.05) is 0 Å². The number of rotatable bonds is 9. The fourth-order valence-corrected chi connectivity index (χ4v) is 5.75. The van der Waals surface area contributed by atoms with Crippen molar-refractivity contribution >= 4 is 22.0 Å². The third-order valence-electron chi connectivity index (χ3n) is 6.70. The lowest BCUT2D eigenvalue weighted by atomic mass is 9.89. The Kier molecular flexibility index (Phi) is 8.22. The SMILES string of the molecule is Cc1ccc(S(=O)(=O)NC(C)C(=O)OC(c2cc(-n3ccnc3)ccc2C)c2c(C)cc(C(=O)O)cc2C)cc1. The van der Waals surface area contributed by atoms with E-state index in [2.05, 4.69) is 9.71 Å². The van der Waals surface area contributed by atoms with Gasteiger partial charge < -0.3 is 14.4 Å². The number of carbonyl (C=O) groups is 2. The van der Waals surface area contributed by atoms with Crippen LogP contribution in [0.15, 0.2) is 78.2 Å². The standard InChI is InChI=1S/C30H31N3O6S/c1-18-6-10-25(11-7-18)40(37,38)32-22(5)30(36)39-28(27-20(3)14-23(29(34)35)15-21(27)4)26-16-24(9-8-19(26)2)33-13-12-31-17-33/h6-17,22,28,32H,1-5H3,(H,34,35). The average Bonchev–Trinajstić information content (AvgIpc) is 3.43. The van der Waals surface area contributed by atoms with Crippen molar-refractivity contribution < 1.29 is 27.9 Å². The summed E-state index contributed by atoms with van der Waals surface area (Å²) in [5, 5.41) is 9.54. The summed E-state index contributed by atoms with van der Waals surface area (Å²) in [6, 6.07) is 13.8. The van der Waals surface area contributed by atoms with Crippen LogP contribution in [0.5, 0.6) is 0 Å². The van der Waals surface area contributed by atoms with Gasteiger partial charge in [0.2, 0.25) is 10.0 Å². The molecule has 9 nitrogen and oxygen atoms in total. The van der Waals surface area contributed by atoms with E-state index in [1.54, 1.807) is 44.7 Å². The van der Waals surface area contributed by atoms with Gasteiger partial charge in [0, 0.05) is 29.2 Å². The van der Waals surface area contributed by atoms with Crippen LogP contribution in [-0.2, 0) is 19.6 Å². The smallest absolute Gasteiger partial charge is 0.335 e. The number of aryl methyl sites for hydroxylation is 4. The molecule has 0 saturated heterocycles. The van der Waals surface area contributed by atoms with Crippen LogP contribution in [0.4, 0.5) is 0 Å². The second kappa shape index (κ2) is 11.4. The third-order valence-corrected chi connectivity index (χ3v) is 8.26. The van der Waals surface area contributed by atoms with E-state index in [-0.39, 0.29) is 10.5 Å². The molecule has 3 aromatic carbocycles. The monoisotopic (exact) mass is 561 g/mol. The molecule has 0 spiro atoms. The Balaban J connectivity index is 1.74. The normalized spacial score (nSPS) is 13.0. The van der Waals surface area contributed by atoms with E-state index in [0.29, 0.717) is 22.3 Å². The summed E-state index contributed by atoms with van der Waals surface area (Å²) in [6.45, 7) is 8.67. The molecular weight excluding hydrogens is 530 g/mol. The molecule has 4 aromatic rings. The lowest BCUT2D eigenvalue weighted by molar-refractivity contribution is -0.149. The first kappa shape index (κ1) is 28.7. The fraction of sp³-hybridized carbons (Fsp3) is 0.233. The number of imidazole rings is 1. The molecule has 0 bridgehead atoms. The van der Waals surface area contributed by atoms with Gasteiger partial charge in [-0.05, 0) is 87.7 Å². The summed E-state index contributed by atoms with van der Waals surface area (Å²) >= 11 is 0. The summed E-state index contributed by atoms with van der Waals surface area (Å²) < 4.78 is 36.2. The summed E-state index contributed by atoms with van der Waals surface area (Å²) in [6.07, 6.45) is 4.15. The Morgan fingerprint density at radius 3 is 2.17 bits per heavy atom. The van der Waals surface area contributed by atoms with Gasteiger partial charge in [0.15, 0.2) is 6.10 Å². The molecule has 10 heteroatoms. The van der Waals surface area contributed by atoms with Gasteiger partial charge in [-0.15, -0.1) is 0 Å². The van der Waals surface area contributed by atoms with Gasteiger partial charge in [-0.25, -0.2) is 18.2 Å². The van der Waals surface area contributed by atoms with E-state index in [1.165, 1.54) is 31.2 Å². The lowest BCUT2D eigenvalue weighted by Crippen LogP contribution is -2.40. The second-order valence-electron chi connectivity index (χ2n) is 9.81. The highest BCUT2D eigenvalue weighted by Gasteiger charge is 2.30. The maximum Gasteiger partial charge on any atom is 0.335 e. The molecule has 2 N–H and O–H groups in total.